The van der Waals surface area contributed by atoms with Crippen molar-refractivity contribution in [3.05, 3.63) is 0 Å². The fraction of sp³-hybridized carbons (Fsp3) is 1.00. The summed E-state index contributed by atoms with van der Waals surface area (Å²) >= 11 is 0. The van der Waals surface area contributed by atoms with Crippen molar-refractivity contribution < 1.29 is 0 Å². The van der Waals surface area contributed by atoms with Crippen molar-refractivity contribution in [3.63, 3.8) is 0 Å². The highest BCUT2D eigenvalue weighted by Gasteiger charge is 2.21. The molecule has 0 aromatic rings. The molecule has 0 amide bonds. The molecule has 0 bridgehead atoms. The topological polar surface area (TPSA) is 52.0 Å². The molecule has 0 radical (unpaired) electrons. The highest BCUT2D eigenvalue weighted by Crippen LogP contribution is 2.20. The first-order chi connectivity index (χ1) is 6.71. The first kappa shape index (κ1) is 12.0. The van der Waals surface area contributed by atoms with Crippen LogP contribution < -0.4 is 11.5 Å². The van der Waals surface area contributed by atoms with Gasteiger partial charge in [-0.2, -0.15) is 0 Å². The van der Waals surface area contributed by atoms with Crippen molar-refractivity contribution >= 4 is 0 Å². The zero-order valence-corrected chi connectivity index (χ0v) is 9.43. The van der Waals surface area contributed by atoms with Gasteiger partial charge >= 0.3 is 0 Å². The van der Waals surface area contributed by atoms with Crippen LogP contribution in [0.3, 0.4) is 0 Å². The summed E-state index contributed by atoms with van der Waals surface area (Å²) in [6, 6.07) is 0. The molecule has 0 aromatic carbocycles. The van der Waals surface area contributed by atoms with E-state index in [0.717, 1.165) is 12.8 Å². The summed E-state index contributed by atoms with van der Waals surface area (Å²) in [5, 5.41) is 0. The van der Waals surface area contributed by atoms with Gasteiger partial charge in [-0.1, -0.05) is 57.8 Å². The van der Waals surface area contributed by atoms with Gasteiger partial charge in [0.2, 0.25) is 0 Å². The molecule has 4 N–H and O–H groups in total. The summed E-state index contributed by atoms with van der Waals surface area (Å²) in [5.41, 5.74) is 11.0. The van der Waals surface area contributed by atoms with E-state index in [0.29, 0.717) is 0 Å². The molecule has 0 spiro atoms. The van der Waals surface area contributed by atoms with Crippen LogP contribution in [0.15, 0.2) is 0 Å². The van der Waals surface area contributed by atoms with Crippen LogP contribution in [0.2, 0.25) is 0 Å². The van der Waals surface area contributed by atoms with E-state index in [4.69, 9.17) is 11.5 Å². The van der Waals surface area contributed by atoms with E-state index in [-0.39, 0.29) is 5.66 Å². The maximum Gasteiger partial charge on any atom is 0.0636 e. The Bertz CT molecular complexity index is 120. The van der Waals surface area contributed by atoms with Crippen molar-refractivity contribution in [1.29, 1.82) is 0 Å². The van der Waals surface area contributed by atoms with Gasteiger partial charge in [0.15, 0.2) is 0 Å². The van der Waals surface area contributed by atoms with E-state index in [1.54, 1.807) is 0 Å². The monoisotopic (exact) mass is 198 g/mol. The lowest BCUT2D eigenvalue weighted by Crippen LogP contribution is -2.50. The van der Waals surface area contributed by atoms with Crippen LogP contribution in [0, 0.1) is 0 Å². The Hall–Kier alpha value is -0.0800. The largest absolute Gasteiger partial charge is 0.313 e. The third-order valence-electron chi connectivity index (χ3n) is 3.28. The number of nitrogens with two attached hydrogens (primary N) is 2. The summed E-state index contributed by atoms with van der Waals surface area (Å²) in [6.45, 7) is 0. The number of rotatable bonds is 0. The zero-order chi connectivity index (χ0) is 10.3. The molecule has 2 rings (SSSR count). The van der Waals surface area contributed by atoms with Crippen molar-refractivity contribution in [2.24, 2.45) is 11.5 Å². The summed E-state index contributed by atoms with van der Waals surface area (Å²) in [4.78, 5) is 0. The molecule has 2 nitrogen and oxygen atoms in total. The fourth-order valence-corrected chi connectivity index (χ4v) is 2.27. The lowest BCUT2D eigenvalue weighted by molar-refractivity contribution is 0.306. The van der Waals surface area contributed by atoms with Gasteiger partial charge in [-0.05, 0) is 12.8 Å². The van der Waals surface area contributed by atoms with Crippen LogP contribution in [0.5, 0.6) is 0 Å². The van der Waals surface area contributed by atoms with Crippen LogP contribution in [-0.2, 0) is 0 Å². The molecular weight excluding hydrogens is 172 g/mol. The Morgan fingerprint density at radius 1 is 0.500 bits per heavy atom. The van der Waals surface area contributed by atoms with E-state index in [2.05, 4.69) is 0 Å². The Morgan fingerprint density at radius 3 is 1.00 bits per heavy atom. The molecule has 0 atom stereocenters. The smallest absolute Gasteiger partial charge is 0.0636 e. The minimum atomic E-state index is -0.321. The van der Waals surface area contributed by atoms with Gasteiger partial charge in [0.1, 0.15) is 0 Å². The number of hydrogen-bond acceptors (Lipinski definition) is 2. The summed E-state index contributed by atoms with van der Waals surface area (Å²) in [5.74, 6) is 0. The van der Waals surface area contributed by atoms with Gasteiger partial charge in [0, 0.05) is 0 Å². The van der Waals surface area contributed by atoms with Crippen LogP contribution >= 0.6 is 0 Å². The highest BCUT2D eigenvalue weighted by atomic mass is 14.9. The fourth-order valence-electron chi connectivity index (χ4n) is 2.27. The zero-order valence-electron chi connectivity index (χ0n) is 9.43. The minimum Gasteiger partial charge on any atom is -0.313 e. The predicted octanol–water partition coefficient (Wildman–Crippen LogP) is 2.90. The van der Waals surface area contributed by atoms with Gasteiger partial charge in [0.05, 0.1) is 5.66 Å². The van der Waals surface area contributed by atoms with Crippen LogP contribution in [-0.4, -0.2) is 5.66 Å². The Kier molecular flexibility index (Phi) is 5.49. The lowest BCUT2D eigenvalue weighted by atomic mass is 9.91. The van der Waals surface area contributed by atoms with Crippen LogP contribution in [0.4, 0.5) is 0 Å². The van der Waals surface area contributed by atoms with Crippen molar-refractivity contribution in [2.45, 2.75) is 76.3 Å². The standard InChI is InChI=1S/C6H14N2.C6H12/c7-6(8)4-2-1-3-5-6;1-2-4-6-5-3-1/h1-5,7-8H2;1-6H2. The minimum absolute atomic E-state index is 0.321. The molecular formula is C12H26N2. The molecule has 2 heteroatoms. The third-order valence-corrected chi connectivity index (χ3v) is 3.28. The molecule has 2 saturated carbocycles. The molecule has 0 heterocycles. The van der Waals surface area contributed by atoms with Gasteiger partial charge in [0.25, 0.3) is 0 Å². The number of hydrogen-bond donors (Lipinski definition) is 2. The Labute approximate surface area is 88.4 Å². The van der Waals surface area contributed by atoms with Gasteiger partial charge in [-0.3, -0.25) is 0 Å². The second-order valence-corrected chi connectivity index (χ2v) is 4.92. The van der Waals surface area contributed by atoms with Crippen LogP contribution in [0.1, 0.15) is 70.6 Å². The van der Waals surface area contributed by atoms with Crippen molar-refractivity contribution in [1.82, 2.24) is 0 Å². The van der Waals surface area contributed by atoms with E-state index in [1.807, 2.05) is 0 Å². The SMILES string of the molecule is C1CCCCC1.NC1(N)CCCCC1. The van der Waals surface area contributed by atoms with Gasteiger partial charge < -0.3 is 11.5 Å². The Morgan fingerprint density at radius 2 is 0.786 bits per heavy atom. The van der Waals surface area contributed by atoms with Crippen molar-refractivity contribution in [3.8, 4) is 0 Å². The predicted molar refractivity (Wildman–Crippen MR) is 61.9 cm³/mol. The molecule has 2 fully saturated rings. The van der Waals surface area contributed by atoms with Crippen molar-refractivity contribution in [2.75, 3.05) is 0 Å². The lowest BCUT2D eigenvalue weighted by Gasteiger charge is -2.28. The van der Waals surface area contributed by atoms with E-state index >= 15 is 0 Å². The molecule has 0 unspecified atom stereocenters. The van der Waals surface area contributed by atoms with E-state index in [1.165, 1.54) is 57.8 Å². The molecule has 0 aromatic heterocycles. The maximum absolute atomic E-state index is 5.66. The molecule has 0 saturated heterocycles. The van der Waals surface area contributed by atoms with Crippen LogP contribution in [0.25, 0.3) is 0 Å². The van der Waals surface area contributed by atoms with E-state index in [9.17, 15) is 0 Å². The van der Waals surface area contributed by atoms with E-state index < -0.39 is 0 Å². The first-order valence-corrected chi connectivity index (χ1v) is 6.28. The second-order valence-electron chi connectivity index (χ2n) is 4.92. The highest BCUT2D eigenvalue weighted by molar-refractivity contribution is 4.79. The molecule has 0 aliphatic heterocycles. The average molecular weight is 198 g/mol. The molecule has 84 valence electrons. The summed E-state index contributed by atoms with van der Waals surface area (Å²) < 4.78 is 0. The van der Waals surface area contributed by atoms with Gasteiger partial charge in [-0.15, -0.1) is 0 Å². The average Bonchev–Trinajstić information content (AvgIpc) is 2.21. The van der Waals surface area contributed by atoms with Gasteiger partial charge in [-0.25, -0.2) is 0 Å². The first-order valence-electron chi connectivity index (χ1n) is 6.28. The maximum atomic E-state index is 5.66. The molecule has 14 heavy (non-hydrogen) atoms. The summed E-state index contributed by atoms with van der Waals surface area (Å²) in [7, 11) is 0. The Balaban J connectivity index is 0.000000146. The quantitative estimate of drug-likeness (QED) is 0.588. The summed E-state index contributed by atoms with van der Waals surface area (Å²) in [6.07, 6.45) is 14.8. The molecule has 2 aliphatic rings. The second kappa shape index (κ2) is 6.41. The third kappa shape index (κ3) is 5.61. The molecule has 2 aliphatic carbocycles. The normalized spacial score (nSPS) is 26.1.